The monoisotopic (exact) mass is 464 g/mol. The maximum Gasteiger partial charge on any atom is 0.322 e. The van der Waals surface area contributed by atoms with Gasteiger partial charge in [0, 0.05) is 38.8 Å². The fourth-order valence-electron chi connectivity index (χ4n) is 4.48. The molecule has 4 amide bonds. The first-order valence-electron chi connectivity index (χ1n) is 11.3. The summed E-state index contributed by atoms with van der Waals surface area (Å²) in [7, 11) is 0. The number of hydrogen-bond donors (Lipinski definition) is 2. The lowest BCUT2D eigenvalue weighted by Crippen LogP contribution is -2.56. The number of urea groups is 1. The minimum atomic E-state index is -0.943. The molecule has 0 aromatic heterocycles. The third-order valence-electron chi connectivity index (χ3n) is 6.20. The van der Waals surface area contributed by atoms with Crippen molar-refractivity contribution in [3.05, 3.63) is 71.0 Å². The van der Waals surface area contributed by atoms with Crippen molar-refractivity contribution in [1.82, 2.24) is 15.1 Å². The van der Waals surface area contributed by atoms with E-state index in [0.29, 0.717) is 38.3 Å². The average molecular weight is 465 g/mol. The predicted octanol–water partition coefficient (Wildman–Crippen LogP) is 3.90. The van der Waals surface area contributed by atoms with Crippen molar-refractivity contribution < 1.29 is 18.8 Å². The molecule has 0 spiro atoms. The number of nitrogens with one attached hydrogen (secondary N) is 2. The van der Waals surface area contributed by atoms with E-state index in [1.807, 2.05) is 30.3 Å². The van der Waals surface area contributed by atoms with Crippen LogP contribution < -0.4 is 10.6 Å². The largest absolute Gasteiger partial charge is 0.342 e. The van der Waals surface area contributed by atoms with Crippen molar-refractivity contribution in [2.45, 2.75) is 45.8 Å². The first kappa shape index (κ1) is 23.5. The number of anilines is 1. The SMILES string of the molecule is CC(=O)NC(C)(C)C(=O)N1CC=C(c2ccc(NC(=O)N3Cc4ccc(F)cc4C3)cc2)CC1. The Morgan fingerprint density at radius 1 is 0.971 bits per heavy atom. The molecular formula is C26H29FN4O3. The molecule has 0 bridgehead atoms. The van der Waals surface area contributed by atoms with E-state index < -0.39 is 5.54 Å². The van der Waals surface area contributed by atoms with Crippen LogP contribution in [0.15, 0.2) is 48.5 Å². The zero-order chi connectivity index (χ0) is 24.5. The summed E-state index contributed by atoms with van der Waals surface area (Å²) in [6, 6.07) is 12.0. The van der Waals surface area contributed by atoms with Gasteiger partial charge < -0.3 is 20.4 Å². The number of hydrogen-bond acceptors (Lipinski definition) is 3. The Morgan fingerprint density at radius 3 is 2.32 bits per heavy atom. The molecule has 34 heavy (non-hydrogen) atoms. The van der Waals surface area contributed by atoms with Crippen LogP contribution in [0.25, 0.3) is 5.57 Å². The fraction of sp³-hybridized carbons (Fsp3) is 0.346. The Hall–Kier alpha value is -3.68. The zero-order valence-corrected chi connectivity index (χ0v) is 19.7. The Bertz CT molecular complexity index is 1160. The highest BCUT2D eigenvalue weighted by Crippen LogP contribution is 2.27. The molecular weight excluding hydrogens is 435 g/mol. The van der Waals surface area contributed by atoms with Gasteiger partial charge in [-0.2, -0.15) is 0 Å². The number of carbonyl (C=O) groups is 3. The number of amides is 4. The van der Waals surface area contributed by atoms with E-state index in [0.717, 1.165) is 22.3 Å². The van der Waals surface area contributed by atoms with Gasteiger partial charge in [-0.05, 0) is 66.8 Å². The second-order valence-electron chi connectivity index (χ2n) is 9.31. The summed E-state index contributed by atoms with van der Waals surface area (Å²) in [5.74, 6) is -0.637. The third kappa shape index (κ3) is 5.11. The van der Waals surface area contributed by atoms with Crippen molar-refractivity contribution in [3.63, 3.8) is 0 Å². The molecule has 8 heteroatoms. The highest BCUT2D eigenvalue weighted by molar-refractivity contribution is 5.91. The first-order chi connectivity index (χ1) is 16.1. The van der Waals surface area contributed by atoms with Crippen LogP contribution in [0.1, 0.15) is 43.9 Å². The van der Waals surface area contributed by atoms with Gasteiger partial charge in [0.05, 0.1) is 0 Å². The quantitative estimate of drug-likeness (QED) is 0.720. The molecule has 2 aromatic rings. The zero-order valence-electron chi connectivity index (χ0n) is 19.7. The van der Waals surface area contributed by atoms with Gasteiger partial charge in [-0.3, -0.25) is 9.59 Å². The number of benzene rings is 2. The number of carbonyl (C=O) groups excluding carboxylic acids is 3. The summed E-state index contributed by atoms with van der Waals surface area (Å²) >= 11 is 0. The van der Waals surface area contributed by atoms with Crippen LogP contribution in [0.2, 0.25) is 0 Å². The lowest BCUT2D eigenvalue weighted by molar-refractivity contribution is -0.139. The number of rotatable bonds is 4. The molecule has 2 aliphatic rings. The minimum Gasteiger partial charge on any atom is -0.342 e. The Balaban J connectivity index is 1.34. The number of halogens is 1. The van der Waals surface area contributed by atoms with E-state index >= 15 is 0 Å². The summed E-state index contributed by atoms with van der Waals surface area (Å²) in [6.45, 7) is 6.72. The molecule has 7 nitrogen and oxygen atoms in total. The molecule has 0 radical (unpaired) electrons. The van der Waals surface area contributed by atoms with Crippen molar-refractivity contribution >= 4 is 29.1 Å². The van der Waals surface area contributed by atoms with Gasteiger partial charge in [0.1, 0.15) is 11.4 Å². The highest BCUT2D eigenvalue weighted by atomic mass is 19.1. The topological polar surface area (TPSA) is 81.8 Å². The van der Waals surface area contributed by atoms with Crippen molar-refractivity contribution in [3.8, 4) is 0 Å². The maximum atomic E-state index is 13.4. The summed E-state index contributed by atoms with van der Waals surface area (Å²) < 4.78 is 13.4. The molecule has 0 unspecified atom stereocenters. The molecule has 178 valence electrons. The van der Waals surface area contributed by atoms with Gasteiger partial charge in [0.25, 0.3) is 0 Å². The van der Waals surface area contributed by atoms with Crippen LogP contribution in [0.3, 0.4) is 0 Å². The molecule has 2 heterocycles. The van der Waals surface area contributed by atoms with E-state index in [9.17, 15) is 18.8 Å². The summed E-state index contributed by atoms with van der Waals surface area (Å²) in [5, 5.41) is 5.61. The normalized spacial score (nSPS) is 15.5. The maximum absolute atomic E-state index is 13.4. The molecule has 0 atom stereocenters. The Morgan fingerprint density at radius 2 is 1.68 bits per heavy atom. The number of nitrogens with zero attached hydrogens (tertiary/aromatic N) is 2. The Kier molecular flexibility index (Phi) is 6.41. The molecule has 4 rings (SSSR count). The van der Waals surface area contributed by atoms with E-state index in [-0.39, 0.29) is 23.7 Å². The standard InChI is InChI=1S/C26H29FN4O3/c1-17(32)29-26(2,3)24(33)30-12-10-19(11-13-30)18-5-8-23(9-6-18)28-25(34)31-15-20-4-7-22(27)14-21(20)16-31/h4-10,14H,11-13,15-16H2,1-3H3,(H,28,34)(H,29,32). The van der Waals surface area contributed by atoms with Crippen molar-refractivity contribution in [2.75, 3.05) is 18.4 Å². The van der Waals surface area contributed by atoms with E-state index in [1.54, 1.807) is 29.7 Å². The van der Waals surface area contributed by atoms with Gasteiger partial charge in [0.2, 0.25) is 11.8 Å². The fourth-order valence-corrected chi connectivity index (χ4v) is 4.48. The number of fused-ring (bicyclic) bond motifs is 1. The summed E-state index contributed by atoms with van der Waals surface area (Å²) in [6.07, 6.45) is 2.73. The van der Waals surface area contributed by atoms with E-state index in [4.69, 9.17) is 0 Å². The van der Waals surface area contributed by atoms with Gasteiger partial charge in [0.15, 0.2) is 0 Å². The predicted molar refractivity (Wildman–Crippen MR) is 128 cm³/mol. The van der Waals surface area contributed by atoms with Crippen LogP contribution in [0, 0.1) is 5.82 Å². The molecule has 0 saturated carbocycles. The highest BCUT2D eigenvalue weighted by Gasteiger charge is 2.33. The second-order valence-corrected chi connectivity index (χ2v) is 9.31. The van der Waals surface area contributed by atoms with Crippen LogP contribution in [0.5, 0.6) is 0 Å². The van der Waals surface area contributed by atoms with Gasteiger partial charge >= 0.3 is 6.03 Å². The van der Waals surface area contributed by atoms with E-state index in [1.165, 1.54) is 19.1 Å². The lowest BCUT2D eigenvalue weighted by Gasteiger charge is -2.34. The average Bonchev–Trinajstić information content (AvgIpc) is 3.22. The molecule has 0 fully saturated rings. The van der Waals surface area contributed by atoms with Crippen LogP contribution in [-0.4, -0.2) is 46.3 Å². The minimum absolute atomic E-state index is 0.108. The van der Waals surface area contributed by atoms with Crippen LogP contribution >= 0.6 is 0 Å². The molecule has 2 N–H and O–H groups in total. The molecule has 2 aromatic carbocycles. The Labute approximate surface area is 198 Å². The smallest absolute Gasteiger partial charge is 0.322 e. The third-order valence-corrected chi connectivity index (χ3v) is 6.20. The van der Waals surface area contributed by atoms with Crippen LogP contribution in [0.4, 0.5) is 14.9 Å². The first-order valence-corrected chi connectivity index (χ1v) is 11.3. The molecule has 0 aliphatic carbocycles. The molecule has 2 aliphatic heterocycles. The van der Waals surface area contributed by atoms with Gasteiger partial charge in [-0.1, -0.05) is 24.3 Å². The van der Waals surface area contributed by atoms with Gasteiger partial charge in [-0.25, -0.2) is 9.18 Å². The van der Waals surface area contributed by atoms with Crippen LogP contribution in [-0.2, 0) is 22.7 Å². The lowest BCUT2D eigenvalue weighted by atomic mass is 9.97. The van der Waals surface area contributed by atoms with E-state index in [2.05, 4.69) is 10.6 Å². The molecule has 0 saturated heterocycles. The summed E-state index contributed by atoms with van der Waals surface area (Å²) in [5.41, 5.74) is 3.71. The summed E-state index contributed by atoms with van der Waals surface area (Å²) in [4.78, 5) is 40.2. The van der Waals surface area contributed by atoms with Crippen molar-refractivity contribution in [2.24, 2.45) is 0 Å². The van der Waals surface area contributed by atoms with Gasteiger partial charge in [-0.15, -0.1) is 0 Å². The second kappa shape index (κ2) is 9.29. The van der Waals surface area contributed by atoms with Crippen molar-refractivity contribution in [1.29, 1.82) is 0 Å².